The van der Waals surface area contributed by atoms with Gasteiger partial charge in [0, 0.05) is 32.7 Å². The quantitative estimate of drug-likeness (QED) is 0.810. The number of nitrogens with one attached hydrogen (secondary N) is 1. The van der Waals surface area contributed by atoms with Gasteiger partial charge in [0.15, 0.2) is 0 Å². The molecule has 1 N–H and O–H groups in total. The van der Waals surface area contributed by atoms with E-state index in [-0.39, 0.29) is 5.41 Å². The summed E-state index contributed by atoms with van der Waals surface area (Å²) in [6.45, 7) is 5.05. The van der Waals surface area contributed by atoms with Crippen LogP contribution < -0.4 is 5.32 Å². The highest BCUT2D eigenvalue weighted by molar-refractivity contribution is 5.95. The summed E-state index contributed by atoms with van der Waals surface area (Å²) in [4.78, 5) is 7.44. The first-order valence-electron chi connectivity index (χ1n) is 6.40. The fourth-order valence-electron chi connectivity index (χ4n) is 2.89. The first-order valence-corrected chi connectivity index (χ1v) is 6.40. The van der Waals surface area contributed by atoms with Crippen LogP contribution in [0.4, 0.5) is 0 Å². The molecule has 0 atom stereocenters. The lowest BCUT2D eigenvalue weighted by atomic mass is 9.79. The highest BCUT2D eigenvalue weighted by Crippen LogP contribution is 2.33. The fourth-order valence-corrected chi connectivity index (χ4v) is 2.89. The molecule has 0 radical (unpaired) electrons. The second-order valence-corrected chi connectivity index (χ2v) is 5.24. The third-order valence-electron chi connectivity index (χ3n) is 3.89. The Morgan fingerprint density at radius 1 is 1.33 bits per heavy atom. The van der Waals surface area contributed by atoms with Crippen molar-refractivity contribution < 1.29 is 4.84 Å². The molecule has 18 heavy (non-hydrogen) atoms. The van der Waals surface area contributed by atoms with Gasteiger partial charge in [0.05, 0.1) is 11.1 Å². The minimum absolute atomic E-state index is 0.227. The number of hydrogen-bond donors (Lipinski definition) is 1. The molecule has 2 fully saturated rings. The minimum Gasteiger partial charge on any atom is -0.399 e. The Kier molecular flexibility index (Phi) is 3.06. The number of oxime groups is 1. The highest BCUT2D eigenvalue weighted by atomic mass is 16.6. The van der Waals surface area contributed by atoms with Gasteiger partial charge in [-0.2, -0.15) is 0 Å². The van der Waals surface area contributed by atoms with Gasteiger partial charge < -0.3 is 10.2 Å². The van der Waals surface area contributed by atoms with Crippen LogP contribution in [0.1, 0.15) is 5.56 Å². The van der Waals surface area contributed by atoms with E-state index in [0.29, 0.717) is 0 Å². The van der Waals surface area contributed by atoms with E-state index in [9.17, 15) is 0 Å². The van der Waals surface area contributed by atoms with E-state index in [2.05, 4.69) is 45.7 Å². The molecule has 1 spiro atoms. The molecule has 3 rings (SSSR count). The summed E-state index contributed by atoms with van der Waals surface area (Å²) in [5.41, 5.74) is 2.78. The van der Waals surface area contributed by atoms with Crippen LogP contribution in [0.15, 0.2) is 35.5 Å². The van der Waals surface area contributed by atoms with Crippen LogP contribution in [0.25, 0.3) is 0 Å². The molecule has 0 aromatic heterocycles. The maximum Gasteiger partial charge on any atom is 0.106 e. The summed E-state index contributed by atoms with van der Waals surface area (Å²) < 4.78 is 0. The molecule has 96 valence electrons. The van der Waals surface area contributed by atoms with Crippen molar-refractivity contribution in [2.75, 3.05) is 33.3 Å². The maximum absolute atomic E-state index is 4.99. The SMILES string of the molecule is CON=C1CN(Cc2ccccc2)CC12CNC2. The summed E-state index contributed by atoms with van der Waals surface area (Å²) in [5, 5.41) is 7.58. The summed E-state index contributed by atoms with van der Waals surface area (Å²) in [5.74, 6) is 0. The van der Waals surface area contributed by atoms with Crippen molar-refractivity contribution in [2.24, 2.45) is 10.6 Å². The van der Waals surface area contributed by atoms with Gasteiger partial charge in [0.2, 0.25) is 0 Å². The largest absolute Gasteiger partial charge is 0.399 e. The predicted octanol–water partition coefficient (Wildman–Crippen LogP) is 1.09. The molecule has 0 aliphatic carbocycles. The van der Waals surface area contributed by atoms with Crippen LogP contribution in [0, 0.1) is 5.41 Å². The molecule has 4 nitrogen and oxygen atoms in total. The van der Waals surface area contributed by atoms with E-state index >= 15 is 0 Å². The molecule has 4 heteroatoms. The number of rotatable bonds is 3. The van der Waals surface area contributed by atoms with Crippen molar-refractivity contribution >= 4 is 5.71 Å². The van der Waals surface area contributed by atoms with Crippen LogP contribution >= 0.6 is 0 Å². The molecule has 0 bridgehead atoms. The van der Waals surface area contributed by atoms with E-state index < -0.39 is 0 Å². The van der Waals surface area contributed by atoms with Crippen molar-refractivity contribution in [3.63, 3.8) is 0 Å². The second kappa shape index (κ2) is 4.71. The third kappa shape index (κ3) is 2.02. The average Bonchev–Trinajstić information content (AvgIpc) is 2.69. The second-order valence-electron chi connectivity index (χ2n) is 5.24. The lowest BCUT2D eigenvalue weighted by molar-refractivity contribution is 0.188. The monoisotopic (exact) mass is 245 g/mol. The van der Waals surface area contributed by atoms with Crippen molar-refractivity contribution in [1.82, 2.24) is 10.2 Å². The van der Waals surface area contributed by atoms with Crippen molar-refractivity contribution in [1.29, 1.82) is 0 Å². The van der Waals surface area contributed by atoms with Crippen molar-refractivity contribution in [3.8, 4) is 0 Å². The normalized spacial score (nSPS) is 24.4. The van der Waals surface area contributed by atoms with Crippen LogP contribution in [-0.4, -0.2) is 43.9 Å². The van der Waals surface area contributed by atoms with E-state index in [4.69, 9.17) is 4.84 Å². The van der Waals surface area contributed by atoms with Crippen molar-refractivity contribution in [3.05, 3.63) is 35.9 Å². The van der Waals surface area contributed by atoms with Gasteiger partial charge in [-0.05, 0) is 5.56 Å². The van der Waals surface area contributed by atoms with Gasteiger partial charge in [0.25, 0.3) is 0 Å². The van der Waals surface area contributed by atoms with Gasteiger partial charge in [0.1, 0.15) is 7.11 Å². The zero-order valence-corrected chi connectivity index (χ0v) is 10.7. The topological polar surface area (TPSA) is 36.9 Å². The molecule has 2 aliphatic heterocycles. The van der Waals surface area contributed by atoms with Gasteiger partial charge >= 0.3 is 0 Å². The molecule has 0 saturated carbocycles. The third-order valence-corrected chi connectivity index (χ3v) is 3.89. The molecule has 0 unspecified atom stereocenters. The molecule has 1 aromatic rings. The van der Waals surface area contributed by atoms with Gasteiger partial charge in [-0.15, -0.1) is 0 Å². The maximum atomic E-state index is 4.99. The van der Waals surface area contributed by atoms with E-state index in [1.807, 2.05) is 0 Å². The fraction of sp³-hybridized carbons (Fsp3) is 0.500. The molecule has 1 aromatic carbocycles. The Hall–Kier alpha value is -1.39. The molecular weight excluding hydrogens is 226 g/mol. The summed E-state index contributed by atoms with van der Waals surface area (Å²) in [7, 11) is 1.63. The van der Waals surface area contributed by atoms with E-state index in [1.165, 1.54) is 11.3 Å². The van der Waals surface area contributed by atoms with Gasteiger partial charge in [-0.1, -0.05) is 35.5 Å². The molecule has 2 saturated heterocycles. The number of likely N-dealkylation sites (tertiary alicyclic amines) is 1. The number of hydrogen-bond acceptors (Lipinski definition) is 4. The number of benzene rings is 1. The Morgan fingerprint density at radius 3 is 2.72 bits per heavy atom. The lowest BCUT2D eigenvalue weighted by Gasteiger charge is -2.39. The zero-order valence-electron chi connectivity index (χ0n) is 10.7. The summed E-state index contributed by atoms with van der Waals surface area (Å²) >= 11 is 0. The van der Waals surface area contributed by atoms with E-state index in [1.54, 1.807) is 7.11 Å². The highest BCUT2D eigenvalue weighted by Gasteiger charge is 2.48. The molecular formula is C14H19N3O. The Bertz CT molecular complexity index is 440. The van der Waals surface area contributed by atoms with Crippen LogP contribution in [0.3, 0.4) is 0 Å². The summed E-state index contributed by atoms with van der Waals surface area (Å²) in [6, 6.07) is 10.6. The zero-order chi connectivity index (χ0) is 12.4. The van der Waals surface area contributed by atoms with Gasteiger partial charge in [-0.25, -0.2) is 0 Å². The lowest BCUT2D eigenvalue weighted by Crippen LogP contribution is -2.58. The standard InChI is InChI=1S/C14H19N3O/c1-18-16-13-8-17(11-14(13)9-15-10-14)7-12-5-3-2-4-6-12/h2-6,15H,7-11H2,1H3. The van der Waals surface area contributed by atoms with Crippen LogP contribution in [0.5, 0.6) is 0 Å². The van der Waals surface area contributed by atoms with Gasteiger partial charge in [-0.3, -0.25) is 4.90 Å². The Morgan fingerprint density at radius 2 is 2.11 bits per heavy atom. The smallest absolute Gasteiger partial charge is 0.106 e. The van der Waals surface area contributed by atoms with E-state index in [0.717, 1.165) is 32.7 Å². The predicted molar refractivity (Wildman–Crippen MR) is 71.5 cm³/mol. The Balaban J connectivity index is 1.71. The number of nitrogens with zero attached hydrogens (tertiary/aromatic N) is 2. The molecule has 0 amide bonds. The first-order chi connectivity index (χ1) is 8.82. The first kappa shape index (κ1) is 11.7. The summed E-state index contributed by atoms with van der Waals surface area (Å²) in [6.07, 6.45) is 0. The Labute approximate surface area is 108 Å². The van der Waals surface area contributed by atoms with Crippen molar-refractivity contribution in [2.45, 2.75) is 6.54 Å². The molecule has 2 aliphatic rings. The minimum atomic E-state index is 0.227. The molecule has 2 heterocycles. The average molecular weight is 245 g/mol. The van der Waals surface area contributed by atoms with Crippen LogP contribution in [0.2, 0.25) is 0 Å². The van der Waals surface area contributed by atoms with Crippen LogP contribution in [-0.2, 0) is 11.4 Å².